The van der Waals surface area contributed by atoms with Crippen LogP contribution in [0.2, 0.25) is 0 Å². The molecular formula is C35H25BrN2O5. The lowest BCUT2D eigenvalue weighted by atomic mass is 9.55. The van der Waals surface area contributed by atoms with Crippen LogP contribution >= 0.6 is 15.9 Å². The third kappa shape index (κ3) is 3.93. The number of ether oxygens (including phenoxy) is 1. The number of nitrogens with zero attached hydrogens (tertiary/aromatic N) is 2. The molecule has 5 aliphatic rings. The maximum Gasteiger partial charge on any atom is 0.316 e. The Hall–Kier alpha value is -4.56. The van der Waals surface area contributed by atoms with Crippen molar-refractivity contribution in [2.75, 3.05) is 16.3 Å². The molecule has 0 saturated carbocycles. The lowest BCUT2D eigenvalue weighted by Crippen LogP contribution is -2.41. The van der Waals surface area contributed by atoms with Gasteiger partial charge in [0.1, 0.15) is 5.75 Å². The van der Waals surface area contributed by atoms with E-state index < -0.39 is 23.7 Å². The fourth-order valence-corrected chi connectivity index (χ4v) is 7.79. The highest BCUT2D eigenvalue weighted by atomic mass is 79.9. The molecule has 0 spiro atoms. The number of anilines is 2. The molecule has 0 N–H and O–H groups in total. The molecule has 43 heavy (non-hydrogen) atoms. The van der Waals surface area contributed by atoms with Crippen molar-refractivity contribution < 1.29 is 23.9 Å². The molecule has 3 aliphatic carbocycles. The SMILES string of the molecule is O=C(Oc1ccc(N2C(=O)[C@@H]3C4c5ccccc5C(c5ccccc54)[C@H]3C2=O)cc1)[C@H]1CC(=O)N(c2ccc(Br)cc2)C1. The largest absolute Gasteiger partial charge is 0.426 e. The van der Waals surface area contributed by atoms with Crippen LogP contribution in [0.5, 0.6) is 5.75 Å². The minimum absolute atomic E-state index is 0.0691. The first-order valence-electron chi connectivity index (χ1n) is 14.3. The van der Waals surface area contributed by atoms with E-state index in [-0.39, 0.29) is 42.5 Å². The summed E-state index contributed by atoms with van der Waals surface area (Å²) in [5.74, 6) is -2.60. The van der Waals surface area contributed by atoms with Gasteiger partial charge in [-0.1, -0.05) is 64.5 Å². The monoisotopic (exact) mass is 632 g/mol. The number of carbonyl (C=O) groups excluding carboxylic acids is 4. The van der Waals surface area contributed by atoms with Crippen molar-refractivity contribution in [1.29, 1.82) is 0 Å². The van der Waals surface area contributed by atoms with E-state index in [9.17, 15) is 19.2 Å². The van der Waals surface area contributed by atoms with Crippen LogP contribution < -0.4 is 14.5 Å². The van der Waals surface area contributed by atoms with Gasteiger partial charge in [-0.15, -0.1) is 0 Å². The lowest BCUT2D eigenvalue weighted by Gasteiger charge is -2.45. The third-order valence-electron chi connectivity index (χ3n) is 9.36. The van der Waals surface area contributed by atoms with Gasteiger partial charge in [-0.05, 0) is 70.8 Å². The zero-order chi connectivity index (χ0) is 29.4. The maximum absolute atomic E-state index is 14.0. The predicted octanol–water partition coefficient (Wildman–Crippen LogP) is 5.80. The molecule has 4 aromatic carbocycles. The number of esters is 1. The topological polar surface area (TPSA) is 84.0 Å². The molecule has 8 heteroatoms. The van der Waals surface area contributed by atoms with Crippen molar-refractivity contribution in [3.63, 3.8) is 0 Å². The van der Waals surface area contributed by atoms with E-state index in [4.69, 9.17) is 4.74 Å². The maximum atomic E-state index is 14.0. The van der Waals surface area contributed by atoms with Crippen LogP contribution in [0.3, 0.4) is 0 Å². The van der Waals surface area contributed by atoms with E-state index in [0.717, 1.165) is 32.4 Å². The van der Waals surface area contributed by atoms with Crippen LogP contribution in [0.4, 0.5) is 11.4 Å². The minimum Gasteiger partial charge on any atom is -0.426 e. The van der Waals surface area contributed by atoms with Crippen LogP contribution in [0, 0.1) is 17.8 Å². The number of hydrogen-bond donors (Lipinski definition) is 0. The molecule has 2 aliphatic heterocycles. The van der Waals surface area contributed by atoms with Crippen molar-refractivity contribution in [1.82, 2.24) is 0 Å². The second-order valence-corrected chi connectivity index (χ2v) is 12.5. The van der Waals surface area contributed by atoms with Gasteiger partial charge < -0.3 is 9.64 Å². The van der Waals surface area contributed by atoms with Crippen molar-refractivity contribution in [3.05, 3.63) is 124 Å². The smallest absolute Gasteiger partial charge is 0.316 e. The predicted molar refractivity (Wildman–Crippen MR) is 163 cm³/mol. The number of amides is 3. The van der Waals surface area contributed by atoms with E-state index in [1.165, 1.54) is 4.90 Å². The summed E-state index contributed by atoms with van der Waals surface area (Å²) in [6.07, 6.45) is 0.0691. The Balaban J connectivity index is 1.02. The van der Waals surface area contributed by atoms with Crippen LogP contribution in [-0.2, 0) is 19.2 Å². The summed E-state index contributed by atoms with van der Waals surface area (Å²) in [5, 5.41) is 0. The van der Waals surface area contributed by atoms with Gasteiger partial charge in [-0.2, -0.15) is 0 Å². The highest BCUT2D eigenvalue weighted by molar-refractivity contribution is 9.10. The van der Waals surface area contributed by atoms with E-state index in [0.29, 0.717) is 11.4 Å². The zero-order valence-electron chi connectivity index (χ0n) is 22.9. The van der Waals surface area contributed by atoms with Gasteiger partial charge in [0.2, 0.25) is 17.7 Å². The fourth-order valence-electron chi connectivity index (χ4n) is 7.53. The van der Waals surface area contributed by atoms with Gasteiger partial charge in [-0.25, -0.2) is 4.90 Å². The minimum atomic E-state index is -0.598. The van der Waals surface area contributed by atoms with Gasteiger partial charge in [-0.3, -0.25) is 19.2 Å². The van der Waals surface area contributed by atoms with Gasteiger partial charge in [0, 0.05) is 35.0 Å². The fraction of sp³-hybridized carbons (Fsp3) is 0.200. The second kappa shape index (κ2) is 9.74. The number of halogens is 1. The summed E-state index contributed by atoms with van der Waals surface area (Å²) in [7, 11) is 0. The summed E-state index contributed by atoms with van der Waals surface area (Å²) in [4.78, 5) is 56.4. The molecule has 3 atom stereocenters. The number of imide groups is 1. The van der Waals surface area contributed by atoms with Crippen LogP contribution in [0.1, 0.15) is 40.5 Å². The summed E-state index contributed by atoms with van der Waals surface area (Å²) >= 11 is 3.39. The highest BCUT2D eigenvalue weighted by Gasteiger charge is 2.61. The Morgan fingerprint density at radius 2 is 1.16 bits per heavy atom. The van der Waals surface area contributed by atoms with Gasteiger partial charge in [0.05, 0.1) is 23.4 Å². The summed E-state index contributed by atoms with van der Waals surface area (Å²) in [5.41, 5.74) is 5.69. The van der Waals surface area contributed by atoms with Crippen LogP contribution in [0.25, 0.3) is 0 Å². The number of benzene rings is 4. The molecule has 0 unspecified atom stereocenters. The number of hydrogen-bond acceptors (Lipinski definition) is 5. The van der Waals surface area contributed by atoms with Gasteiger partial charge >= 0.3 is 5.97 Å². The Bertz CT molecular complexity index is 1720. The summed E-state index contributed by atoms with van der Waals surface area (Å²) in [6, 6.07) is 30.1. The molecule has 0 radical (unpaired) electrons. The highest BCUT2D eigenvalue weighted by Crippen LogP contribution is 2.61. The van der Waals surface area contributed by atoms with Crippen molar-refractivity contribution in [2.24, 2.45) is 17.8 Å². The van der Waals surface area contributed by atoms with Gasteiger partial charge in [0.25, 0.3) is 0 Å². The normalized spacial score (nSPS) is 25.0. The lowest BCUT2D eigenvalue weighted by molar-refractivity contribution is -0.139. The second-order valence-electron chi connectivity index (χ2n) is 11.6. The van der Waals surface area contributed by atoms with Crippen LogP contribution in [0.15, 0.2) is 102 Å². The number of rotatable bonds is 4. The van der Waals surface area contributed by atoms with Crippen LogP contribution in [-0.4, -0.2) is 30.2 Å². The molecule has 4 aromatic rings. The zero-order valence-corrected chi connectivity index (χ0v) is 24.4. The molecule has 2 heterocycles. The quantitative estimate of drug-likeness (QED) is 0.161. The molecule has 0 aromatic heterocycles. The molecule has 212 valence electrons. The molecule has 3 amide bonds. The Labute approximate surface area is 256 Å². The first-order valence-corrected chi connectivity index (χ1v) is 15.1. The van der Waals surface area contributed by atoms with Crippen molar-refractivity contribution in [2.45, 2.75) is 18.3 Å². The molecule has 2 bridgehead atoms. The Morgan fingerprint density at radius 3 is 1.67 bits per heavy atom. The van der Waals surface area contributed by atoms with E-state index in [1.807, 2.05) is 48.5 Å². The van der Waals surface area contributed by atoms with Crippen molar-refractivity contribution in [3.8, 4) is 5.75 Å². The average Bonchev–Trinajstić information content (AvgIpc) is 3.55. The Morgan fingerprint density at radius 1 is 0.674 bits per heavy atom. The van der Waals surface area contributed by atoms with E-state index in [1.54, 1.807) is 29.2 Å². The molecular weight excluding hydrogens is 608 g/mol. The molecule has 2 saturated heterocycles. The van der Waals surface area contributed by atoms with Gasteiger partial charge in [0.15, 0.2) is 0 Å². The summed E-state index contributed by atoms with van der Waals surface area (Å²) in [6.45, 7) is 0.240. The molecule has 9 rings (SSSR count). The third-order valence-corrected chi connectivity index (χ3v) is 9.89. The van der Waals surface area contributed by atoms with E-state index in [2.05, 4.69) is 40.2 Å². The first kappa shape index (κ1) is 26.1. The first-order chi connectivity index (χ1) is 20.9. The summed E-state index contributed by atoms with van der Waals surface area (Å²) < 4.78 is 6.53. The number of carbonyl (C=O) groups is 4. The Kier molecular flexibility index (Phi) is 5.91. The van der Waals surface area contributed by atoms with Crippen molar-refractivity contribution >= 4 is 51.0 Å². The molecule has 7 nitrogen and oxygen atoms in total. The molecule has 2 fully saturated rings. The van der Waals surface area contributed by atoms with E-state index >= 15 is 0 Å². The standard InChI is InChI=1S/C35H25BrN2O5/c36-20-9-11-21(12-10-20)37-18-19(17-28(37)39)35(42)43-23-15-13-22(14-16-23)38-33(40)31-29-24-5-1-2-6-25(24)30(32(31)34(38)41)27-8-4-3-7-26(27)29/h1-16,19,29-32H,17-18H2/t19-,29?,30?,31+,32+/m0/s1. The average molecular weight is 633 g/mol.